The van der Waals surface area contributed by atoms with Crippen LogP contribution in [-0.4, -0.2) is 22.4 Å². The second-order valence-corrected chi connectivity index (χ2v) is 2.90. The van der Waals surface area contributed by atoms with Crippen LogP contribution < -0.4 is 0 Å². The molecule has 0 aromatic rings. The number of aliphatic hydroxyl groups excluding tert-OH is 2. The summed E-state index contributed by atoms with van der Waals surface area (Å²) in [6.45, 7) is 1.75. The fourth-order valence-electron chi connectivity index (χ4n) is 1.53. The van der Waals surface area contributed by atoms with Gasteiger partial charge < -0.3 is 10.2 Å². The Morgan fingerprint density at radius 3 is 2.33 bits per heavy atom. The Morgan fingerprint density at radius 2 is 2.11 bits per heavy atom. The van der Waals surface area contributed by atoms with Crippen LogP contribution in [-0.2, 0) is 0 Å². The van der Waals surface area contributed by atoms with Crippen molar-refractivity contribution in [2.45, 2.75) is 38.4 Å². The molecule has 0 aromatic heterocycles. The maximum atomic E-state index is 9.20. The molecule has 2 heteroatoms. The monoisotopic (exact) mass is 130 g/mol. The standard InChI is InChI=1S/C7H14O2/c1-5(8)6-3-2-4-7(6)9/h5-9H,2-4H2,1H3/t5-,6+,7-/m0/s1. The smallest absolute Gasteiger partial charge is 0.0593 e. The van der Waals surface area contributed by atoms with Gasteiger partial charge >= 0.3 is 0 Å². The zero-order chi connectivity index (χ0) is 6.85. The highest BCUT2D eigenvalue weighted by molar-refractivity contribution is 4.79. The maximum Gasteiger partial charge on any atom is 0.0593 e. The maximum absolute atomic E-state index is 9.20. The zero-order valence-corrected chi connectivity index (χ0v) is 5.75. The van der Waals surface area contributed by atoms with Gasteiger partial charge in [-0.1, -0.05) is 6.42 Å². The van der Waals surface area contributed by atoms with Gasteiger partial charge in [0.1, 0.15) is 0 Å². The second kappa shape index (κ2) is 2.67. The van der Waals surface area contributed by atoms with Crippen LogP contribution in [0.25, 0.3) is 0 Å². The van der Waals surface area contributed by atoms with Crippen LogP contribution in [0, 0.1) is 5.92 Å². The molecule has 54 valence electrons. The largest absolute Gasteiger partial charge is 0.393 e. The van der Waals surface area contributed by atoms with Crippen LogP contribution in [0.4, 0.5) is 0 Å². The Hall–Kier alpha value is -0.0800. The van der Waals surface area contributed by atoms with Gasteiger partial charge in [-0.15, -0.1) is 0 Å². The summed E-state index contributed by atoms with van der Waals surface area (Å²) in [6.07, 6.45) is 2.35. The van der Waals surface area contributed by atoms with E-state index in [2.05, 4.69) is 0 Å². The van der Waals surface area contributed by atoms with Crippen molar-refractivity contribution in [3.63, 3.8) is 0 Å². The summed E-state index contributed by atoms with van der Waals surface area (Å²) < 4.78 is 0. The lowest BCUT2D eigenvalue weighted by molar-refractivity contribution is 0.0420. The molecule has 0 aromatic carbocycles. The van der Waals surface area contributed by atoms with Crippen LogP contribution in [0.15, 0.2) is 0 Å². The summed E-state index contributed by atoms with van der Waals surface area (Å²) in [6, 6.07) is 0. The molecule has 0 heterocycles. The first kappa shape index (κ1) is 7.03. The van der Waals surface area contributed by atoms with Gasteiger partial charge in [0.25, 0.3) is 0 Å². The summed E-state index contributed by atoms with van der Waals surface area (Å²) >= 11 is 0. The van der Waals surface area contributed by atoms with Gasteiger partial charge in [0.15, 0.2) is 0 Å². The van der Waals surface area contributed by atoms with Gasteiger partial charge in [-0.2, -0.15) is 0 Å². The predicted octanol–water partition coefficient (Wildman–Crippen LogP) is 0.528. The number of hydrogen-bond acceptors (Lipinski definition) is 2. The van der Waals surface area contributed by atoms with Gasteiger partial charge in [0.05, 0.1) is 12.2 Å². The SMILES string of the molecule is C[C@H](O)[C@H]1CCC[C@@H]1O. The van der Waals surface area contributed by atoms with E-state index < -0.39 is 0 Å². The average Bonchev–Trinajstić information content (AvgIpc) is 2.13. The molecule has 0 aliphatic heterocycles. The molecule has 2 nitrogen and oxygen atoms in total. The van der Waals surface area contributed by atoms with E-state index in [1.807, 2.05) is 0 Å². The highest BCUT2D eigenvalue weighted by Gasteiger charge is 2.28. The van der Waals surface area contributed by atoms with Crippen LogP contribution >= 0.6 is 0 Å². The third-order valence-corrected chi connectivity index (χ3v) is 2.15. The first-order valence-corrected chi connectivity index (χ1v) is 3.58. The Morgan fingerprint density at radius 1 is 1.44 bits per heavy atom. The van der Waals surface area contributed by atoms with Crippen molar-refractivity contribution in [2.24, 2.45) is 5.92 Å². The summed E-state index contributed by atoms with van der Waals surface area (Å²) in [7, 11) is 0. The van der Waals surface area contributed by atoms with E-state index in [9.17, 15) is 5.11 Å². The average molecular weight is 130 g/mol. The lowest BCUT2D eigenvalue weighted by atomic mass is 10.0. The minimum Gasteiger partial charge on any atom is -0.393 e. The normalized spacial score (nSPS) is 39.0. The fraction of sp³-hybridized carbons (Fsp3) is 1.00. The van der Waals surface area contributed by atoms with Crippen molar-refractivity contribution in [1.29, 1.82) is 0 Å². The topological polar surface area (TPSA) is 40.5 Å². The van der Waals surface area contributed by atoms with E-state index in [-0.39, 0.29) is 18.1 Å². The third kappa shape index (κ3) is 1.43. The Kier molecular flexibility index (Phi) is 2.09. The molecule has 9 heavy (non-hydrogen) atoms. The number of aliphatic hydroxyl groups is 2. The lowest BCUT2D eigenvalue weighted by Gasteiger charge is -2.16. The van der Waals surface area contributed by atoms with E-state index in [4.69, 9.17) is 5.11 Å². The zero-order valence-electron chi connectivity index (χ0n) is 5.75. The molecule has 0 amide bonds. The molecule has 1 aliphatic rings. The first-order chi connectivity index (χ1) is 4.22. The summed E-state index contributed by atoms with van der Waals surface area (Å²) in [5, 5.41) is 18.3. The van der Waals surface area contributed by atoms with Crippen molar-refractivity contribution in [3.8, 4) is 0 Å². The van der Waals surface area contributed by atoms with Crippen molar-refractivity contribution in [3.05, 3.63) is 0 Å². The Bertz CT molecular complexity index is 90.9. The molecule has 1 fully saturated rings. The molecule has 0 radical (unpaired) electrons. The van der Waals surface area contributed by atoms with Crippen LogP contribution in [0.1, 0.15) is 26.2 Å². The summed E-state index contributed by atoms with van der Waals surface area (Å²) in [5.41, 5.74) is 0. The van der Waals surface area contributed by atoms with Gasteiger partial charge in [0, 0.05) is 5.92 Å². The van der Waals surface area contributed by atoms with Gasteiger partial charge in [-0.3, -0.25) is 0 Å². The van der Waals surface area contributed by atoms with Crippen molar-refractivity contribution >= 4 is 0 Å². The van der Waals surface area contributed by atoms with Gasteiger partial charge in [-0.25, -0.2) is 0 Å². The Balaban J connectivity index is 2.40. The molecule has 0 bridgehead atoms. The summed E-state index contributed by atoms with van der Waals surface area (Å²) in [5.74, 6) is 0.144. The molecular weight excluding hydrogens is 116 g/mol. The highest BCUT2D eigenvalue weighted by Crippen LogP contribution is 2.27. The van der Waals surface area contributed by atoms with Gasteiger partial charge in [0.2, 0.25) is 0 Å². The molecule has 0 unspecified atom stereocenters. The molecule has 0 spiro atoms. The van der Waals surface area contributed by atoms with Crippen molar-refractivity contribution in [1.82, 2.24) is 0 Å². The van der Waals surface area contributed by atoms with E-state index in [0.29, 0.717) is 0 Å². The van der Waals surface area contributed by atoms with Crippen LogP contribution in [0.2, 0.25) is 0 Å². The third-order valence-electron chi connectivity index (χ3n) is 2.15. The molecule has 2 N–H and O–H groups in total. The first-order valence-electron chi connectivity index (χ1n) is 3.58. The van der Waals surface area contributed by atoms with E-state index >= 15 is 0 Å². The molecule has 1 rings (SSSR count). The predicted molar refractivity (Wildman–Crippen MR) is 35.0 cm³/mol. The van der Waals surface area contributed by atoms with E-state index in [1.54, 1.807) is 6.92 Å². The number of rotatable bonds is 1. The molecule has 1 saturated carbocycles. The minimum atomic E-state index is -0.331. The molecule has 1 aliphatic carbocycles. The second-order valence-electron chi connectivity index (χ2n) is 2.90. The summed E-state index contributed by atoms with van der Waals surface area (Å²) in [4.78, 5) is 0. The minimum absolute atomic E-state index is 0.144. The Labute approximate surface area is 55.5 Å². The van der Waals surface area contributed by atoms with Crippen LogP contribution in [0.3, 0.4) is 0 Å². The quantitative estimate of drug-likeness (QED) is 0.543. The van der Waals surface area contributed by atoms with E-state index in [0.717, 1.165) is 19.3 Å². The van der Waals surface area contributed by atoms with Gasteiger partial charge in [-0.05, 0) is 19.8 Å². The van der Waals surface area contributed by atoms with E-state index in [1.165, 1.54) is 0 Å². The number of hydrogen-bond donors (Lipinski definition) is 2. The molecule has 0 saturated heterocycles. The molecule has 3 atom stereocenters. The fourth-order valence-corrected chi connectivity index (χ4v) is 1.53. The highest BCUT2D eigenvalue weighted by atomic mass is 16.3. The lowest BCUT2D eigenvalue weighted by Crippen LogP contribution is -2.24. The molecular formula is C7H14O2. The van der Waals surface area contributed by atoms with Crippen molar-refractivity contribution < 1.29 is 10.2 Å². The van der Waals surface area contributed by atoms with Crippen LogP contribution in [0.5, 0.6) is 0 Å². The van der Waals surface area contributed by atoms with Crippen molar-refractivity contribution in [2.75, 3.05) is 0 Å².